The van der Waals surface area contributed by atoms with E-state index in [9.17, 15) is 0 Å². The van der Waals surface area contributed by atoms with Crippen LogP contribution in [0.5, 0.6) is 5.75 Å². The van der Waals surface area contributed by atoms with Crippen molar-refractivity contribution in [2.75, 3.05) is 6.61 Å². The highest BCUT2D eigenvalue weighted by molar-refractivity contribution is 5.74. The Morgan fingerprint density at radius 1 is 1.28 bits per heavy atom. The predicted molar refractivity (Wildman–Crippen MR) is 105 cm³/mol. The number of ether oxygens (including phenoxy) is 1. The Kier molecular flexibility index (Phi) is 8.14. The summed E-state index contributed by atoms with van der Waals surface area (Å²) in [6.45, 7) is 12.1. The molecule has 2 heterocycles. The van der Waals surface area contributed by atoms with Gasteiger partial charge in [0.25, 0.3) is 6.47 Å². The third kappa shape index (κ3) is 6.02. The molecule has 2 aromatic heterocycles. The molecule has 29 heavy (non-hydrogen) atoms. The molecule has 0 aliphatic heterocycles. The highest BCUT2D eigenvalue weighted by Gasteiger charge is 2.20. The zero-order valence-electron chi connectivity index (χ0n) is 17.6. The van der Waals surface area contributed by atoms with Crippen LogP contribution in [0, 0.1) is 6.92 Å². The molecule has 0 amide bonds. The van der Waals surface area contributed by atoms with Gasteiger partial charge in [0.05, 0.1) is 24.4 Å². The average molecular weight is 403 g/mol. The van der Waals surface area contributed by atoms with Gasteiger partial charge < -0.3 is 14.9 Å². The summed E-state index contributed by atoms with van der Waals surface area (Å²) in [5.74, 6) is 0.915. The van der Waals surface area contributed by atoms with E-state index < -0.39 is 0 Å². The number of aromatic nitrogens is 5. The van der Waals surface area contributed by atoms with E-state index in [2.05, 4.69) is 76.6 Å². The summed E-state index contributed by atoms with van der Waals surface area (Å²) in [4.78, 5) is 11.2. The number of hydrogen-bond acceptors (Lipinski definition) is 6. The Hall–Kier alpha value is -2.94. The summed E-state index contributed by atoms with van der Waals surface area (Å²) in [7, 11) is 0. The molecule has 0 aliphatic rings. The van der Waals surface area contributed by atoms with Crippen LogP contribution in [0.4, 0.5) is 0 Å². The van der Waals surface area contributed by atoms with Gasteiger partial charge in [-0.3, -0.25) is 9.48 Å². The molecule has 0 atom stereocenters. The molecule has 0 N–H and O–H groups in total. The minimum absolute atomic E-state index is 0.181. The lowest BCUT2D eigenvalue weighted by Crippen LogP contribution is -2.34. The van der Waals surface area contributed by atoms with Crippen LogP contribution in [0.25, 0.3) is 11.0 Å². The van der Waals surface area contributed by atoms with Crippen LogP contribution < -0.4 is 14.6 Å². The molecule has 0 fully saturated rings. The van der Waals surface area contributed by atoms with E-state index in [1.54, 1.807) is 0 Å². The lowest BCUT2D eigenvalue weighted by molar-refractivity contribution is -0.692. The van der Waals surface area contributed by atoms with Crippen molar-refractivity contribution >= 4 is 17.5 Å². The zero-order chi connectivity index (χ0) is 21.4. The Balaban J connectivity index is 0.000000687. The number of carbonyl (C=O) groups excluding carboxylic acids is 1. The third-order valence-electron chi connectivity index (χ3n) is 4.36. The van der Waals surface area contributed by atoms with Crippen molar-refractivity contribution in [3.8, 4) is 5.75 Å². The van der Waals surface area contributed by atoms with Gasteiger partial charge in [0.2, 0.25) is 6.33 Å². The number of benzene rings is 1. The number of fused-ring (bicyclic) bond motifs is 1. The Morgan fingerprint density at radius 2 is 2.00 bits per heavy atom. The van der Waals surface area contributed by atoms with Crippen molar-refractivity contribution in [2.24, 2.45) is 0 Å². The quantitative estimate of drug-likeness (QED) is 0.187. The second-order valence-corrected chi connectivity index (χ2v) is 7.29. The molecule has 0 aliphatic carbocycles. The van der Waals surface area contributed by atoms with Crippen molar-refractivity contribution < 1.29 is 24.2 Å². The van der Waals surface area contributed by atoms with E-state index in [1.807, 2.05) is 17.8 Å². The molecule has 1 aromatic carbocycles. The van der Waals surface area contributed by atoms with Crippen LogP contribution in [0.3, 0.4) is 0 Å². The summed E-state index contributed by atoms with van der Waals surface area (Å²) >= 11 is 0. The van der Waals surface area contributed by atoms with Crippen molar-refractivity contribution in [1.82, 2.24) is 19.6 Å². The van der Waals surface area contributed by atoms with E-state index in [-0.39, 0.29) is 6.47 Å². The lowest BCUT2D eigenvalue weighted by Gasteiger charge is -2.07. The Bertz CT molecular complexity index is 917. The lowest BCUT2D eigenvalue weighted by atomic mass is 10.2. The largest absolute Gasteiger partial charge is 0.662 e. The van der Waals surface area contributed by atoms with E-state index in [1.165, 1.54) is 11.0 Å². The van der Waals surface area contributed by atoms with Crippen molar-refractivity contribution in [2.45, 2.75) is 59.7 Å². The van der Waals surface area contributed by atoms with Crippen LogP contribution in [0.2, 0.25) is 0 Å². The Labute approximate surface area is 170 Å². The van der Waals surface area contributed by atoms with Gasteiger partial charge in [-0.2, -0.15) is 0 Å². The van der Waals surface area contributed by atoms with Crippen LogP contribution in [0.15, 0.2) is 30.7 Å². The van der Waals surface area contributed by atoms with Gasteiger partial charge >= 0.3 is 0 Å². The first-order valence-corrected chi connectivity index (χ1v) is 9.65. The van der Waals surface area contributed by atoms with Gasteiger partial charge in [0.15, 0.2) is 11.0 Å². The minimum atomic E-state index is -0.181. The van der Waals surface area contributed by atoms with Gasteiger partial charge in [-0.1, -0.05) is 5.21 Å². The molecule has 0 saturated carbocycles. The average Bonchev–Trinajstić information content (AvgIpc) is 3.28. The number of rotatable bonds is 8. The van der Waals surface area contributed by atoms with Gasteiger partial charge in [-0.15, -0.1) is 5.10 Å². The molecule has 0 saturated heterocycles. The van der Waals surface area contributed by atoms with E-state index in [4.69, 9.17) is 14.8 Å². The fourth-order valence-corrected chi connectivity index (χ4v) is 3.02. The van der Waals surface area contributed by atoms with E-state index in [0.29, 0.717) is 18.7 Å². The Morgan fingerprint density at radius 3 is 2.55 bits per heavy atom. The maximum atomic E-state index is 8.64. The number of carbonyl (C=O) groups is 1. The second kappa shape index (κ2) is 10.6. The zero-order valence-corrected chi connectivity index (χ0v) is 17.6. The van der Waals surface area contributed by atoms with Crippen LogP contribution in [0.1, 0.15) is 51.9 Å². The standard InChI is InChI=1S/C19H28N5O.CH2O3/c1-14(2)23-13-24(15(3)4)19-11-17(7-8-18(19)23)25-10-6-9-22-12-16(5)20-21-22;2-1-4-3/h7-8,11-15H,6,9-10H2,1-5H3;1,3H/q+1;/p-1. The first-order valence-electron chi connectivity index (χ1n) is 9.65. The second-order valence-electron chi connectivity index (χ2n) is 7.29. The smallest absolute Gasteiger partial charge is 0.287 e. The maximum absolute atomic E-state index is 8.64. The SMILES string of the molecule is Cc1cn(CCCOc2ccc3c(c2)n(C(C)C)c[n+]3C(C)C)nn1.O=CO[O-]. The normalized spacial score (nSPS) is 10.9. The molecule has 9 nitrogen and oxygen atoms in total. The summed E-state index contributed by atoms with van der Waals surface area (Å²) in [5.41, 5.74) is 3.40. The van der Waals surface area contributed by atoms with Crippen LogP contribution in [-0.4, -0.2) is 32.6 Å². The molecule has 158 valence electrons. The fourth-order valence-electron chi connectivity index (χ4n) is 3.02. The molecule has 0 unspecified atom stereocenters. The maximum Gasteiger partial charge on any atom is 0.287 e. The summed E-state index contributed by atoms with van der Waals surface area (Å²) in [6.07, 6.45) is 5.06. The topological polar surface area (TPSA) is 98.1 Å². The molecular formula is C20H29N5O4. The highest BCUT2D eigenvalue weighted by atomic mass is 17.1. The number of hydrogen-bond donors (Lipinski definition) is 0. The number of nitrogens with zero attached hydrogens (tertiary/aromatic N) is 5. The van der Waals surface area contributed by atoms with Gasteiger partial charge in [0.1, 0.15) is 5.75 Å². The predicted octanol–water partition coefficient (Wildman–Crippen LogP) is 1.89. The molecule has 0 spiro atoms. The van der Waals surface area contributed by atoms with Crippen LogP contribution in [-0.2, 0) is 16.2 Å². The summed E-state index contributed by atoms with van der Waals surface area (Å²) in [5, 5.41) is 16.5. The molecule has 0 radical (unpaired) electrons. The van der Waals surface area contributed by atoms with Gasteiger partial charge in [0, 0.05) is 25.2 Å². The monoisotopic (exact) mass is 403 g/mol. The number of aryl methyl sites for hydroxylation is 2. The van der Waals surface area contributed by atoms with Gasteiger partial charge in [-0.05, 0) is 46.8 Å². The molecule has 9 heteroatoms. The molecule has 3 aromatic rings. The third-order valence-corrected chi connectivity index (χ3v) is 4.36. The van der Waals surface area contributed by atoms with Crippen LogP contribution >= 0.6 is 0 Å². The summed E-state index contributed by atoms with van der Waals surface area (Å²) in [6, 6.07) is 7.21. The van der Waals surface area contributed by atoms with Gasteiger partial charge in [-0.25, -0.2) is 9.13 Å². The highest BCUT2D eigenvalue weighted by Crippen LogP contribution is 2.23. The van der Waals surface area contributed by atoms with Crippen molar-refractivity contribution in [3.63, 3.8) is 0 Å². The summed E-state index contributed by atoms with van der Waals surface area (Å²) < 4.78 is 12.4. The molecule has 3 rings (SSSR count). The minimum Gasteiger partial charge on any atom is -0.662 e. The van der Waals surface area contributed by atoms with E-state index in [0.717, 1.165) is 24.4 Å². The first-order chi connectivity index (χ1) is 13.9. The molecular weight excluding hydrogens is 374 g/mol. The molecule has 0 bridgehead atoms. The van der Waals surface area contributed by atoms with Crippen molar-refractivity contribution in [1.29, 1.82) is 0 Å². The first kappa shape index (κ1) is 22.4. The number of imidazole rings is 1. The fraction of sp³-hybridized carbons (Fsp3) is 0.500. The van der Waals surface area contributed by atoms with E-state index >= 15 is 0 Å². The van der Waals surface area contributed by atoms with Crippen molar-refractivity contribution in [3.05, 3.63) is 36.4 Å².